The first-order valence-corrected chi connectivity index (χ1v) is 8.76. The Hall–Kier alpha value is -1.24. The van der Waals surface area contributed by atoms with E-state index in [1.54, 1.807) is 17.1 Å². The van der Waals surface area contributed by atoms with Gasteiger partial charge in [0.05, 0.1) is 19.5 Å². The third-order valence-electron chi connectivity index (χ3n) is 5.07. The minimum atomic E-state index is 0.106. The zero-order valence-corrected chi connectivity index (χ0v) is 14.1. The Kier molecular flexibility index (Phi) is 5.80. The molecule has 0 amide bonds. The average Bonchev–Trinajstić information content (AvgIpc) is 2.59. The molecule has 0 unspecified atom stereocenters. The second-order valence-corrected chi connectivity index (χ2v) is 6.77. The summed E-state index contributed by atoms with van der Waals surface area (Å²) in [6, 6.07) is 0. The van der Waals surface area contributed by atoms with E-state index in [0.29, 0.717) is 5.92 Å². The van der Waals surface area contributed by atoms with E-state index in [0.717, 1.165) is 64.6 Å². The third kappa shape index (κ3) is 4.62. The Morgan fingerprint density at radius 3 is 2.48 bits per heavy atom. The van der Waals surface area contributed by atoms with Crippen LogP contribution in [0.25, 0.3) is 0 Å². The average molecular weight is 320 g/mol. The van der Waals surface area contributed by atoms with Crippen molar-refractivity contribution < 1.29 is 4.74 Å². The van der Waals surface area contributed by atoms with Crippen molar-refractivity contribution in [2.75, 3.05) is 52.5 Å². The number of rotatable bonds is 5. The summed E-state index contributed by atoms with van der Waals surface area (Å²) in [7, 11) is 0. The van der Waals surface area contributed by atoms with Crippen molar-refractivity contribution in [3.8, 4) is 0 Å². The summed E-state index contributed by atoms with van der Waals surface area (Å²) in [6.45, 7) is 11.1. The van der Waals surface area contributed by atoms with Gasteiger partial charge in [-0.1, -0.05) is 0 Å². The van der Waals surface area contributed by atoms with Crippen molar-refractivity contribution in [2.24, 2.45) is 5.92 Å². The lowest BCUT2D eigenvalue weighted by Crippen LogP contribution is -2.44. The summed E-state index contributed by atoms with van der Waals surface area (Å²) in [5.41, 5.74) is 0.838. The number of morpholine rings is 1. The molecule has 2 aliphatic rings. The van der Waals surface area contributed by atoms with Crippen LogP contribution >= 0.6 is 0 Å². The van der Waals surface area contributed by atoms with Crippen LogP contribution in [0.3, 0.4) is 0 Å². The molecule has 0 aliphatic carbocycles. The molecule has 23 heavy (non-hydrogen) atoms. The van der Waals surface area contributed by atoms with Crippen molar-refractivity contribution >= 4 is 0 Å². The smallest absolute Gasteiger partial charge is 0.256 e. The van der Waals surface area contributed by atoms with Gasteiger partial charge < -0.3 is 9.64 Å². The molecule has 0 atom stereocenters. The number of nitrogens with zero attached hydrogens (tertiary/aromatic N) is 4. The van der Waals surface area contributed by atoms with E-state index in [9.17, 15) is 4.79 Å². The molecular weight excluding hydrogens is 292 g/mol. The molecule has 0 saturated carbocycles. The van der Waals surface area contributed by atoms with Crippen molar-refractivity contribution in [1.29, 1.82) is 0 Å². The Morgan fingerprint density at radius 1 is 1.13 bits per heavy atom. The first-order valence-electron chi connectivity index (χ1n) is 8.76. The number of piperidine rings is 1. The van der Waals surface area contributed by atoms with Crippen LogP contribution in [0.15, 0.2) is 17.3 Å². The molecule has 3 rings (SSSR count). The highest BCUT2D eigenvalue weighted by Gasteiger charge is 2.21. The summed E-state index contributed by atoms with van der Waals surface area (Å²) < 4.78 is 7.17. The topological polar surface area (TPSA) is 50.6 Å². The number of ether oxygens (including phenoxy) is 1. The highest BCUT2D eigenvalue weighted by Crippen LogP contribution is 2.18. The van der Waals surface area contributed by atoms with Crippen LogP contribution in [0, 0.1) is 12.8 Å². The molecule has 0 aromatic carbocycles. The molecule has 2 saturated heterocycles. The van der Waals surface area contributed by atoms with Gasteiger partial charge in [0.2, 0.25) is 0 Å². The van der Waals surface area contributed by atoms with Gasteiger partial charge in [-0.25, -0.2) is 4.98 Å². The molecule has 0 spiro atoms. The third-order valence-corrected chi connectivity index (χ3v) is 5.07. The van der Waals surface area contributed by atoms with E-state index in [-0.39, 0.29) is 5.56 Å². The van der Waals surface area contributed by atoms with Crippen molar-refractivity contribution in [2.45, 2.75) is 26.3 Å². The van der Waals surface area contributed by atoms with Gasteiger partial charge in [-0.3, -0.25) is 14.3 Å². The minimum Gasteiger partial charge on any atom is -0.379 e. The van der Waals surface area contributed by atoms with Gasteiger partial charge >= 0.3 is 0 Å². The standard InChI is InChI=1S/C17H28N4O2/c1-15-12-18-14-21(17(15)22)13-16-2-4-19(5-3-16)6-7-20-8-10-23-11-9-20/h12,14,16H,2-11,13H2,1H3. The summed E-state index contributed by atoms with van der Waals surface area (Å²) in [5.74, 6) is 0.593. The molecule has 1 aromatic heterocycles. The van der Waals surface area contributed by atoms with Crippen LogP contribution in [0.4, 0.5) is 0 Å². The summed E-state index contributed by atoms with van der Waals surface area (Å²) in [4.78, 5) is 21.3. The van der Waals surface area contributed by atoms with E-state index >= 15 is 0 Å². The number of hydrogen-bond donors (Lipinski definition) is 0. The van der Waals surface area contributed by atoms with E-state index in [2.05, 4.69) is 14.8 Å². The second kappa shape index (κ2) is 8.04. The Balaban J connectivity index is 1.41. The maximum Gasteiger partial charge on any atom is 0.256 e. The van der Waals surface area contributed by atoms with Crippen LogP contribution in [0.2, 0.25) is 0 Å². The molecular formula is C17H28N4O2. The molecule has 2 fully saturated rings. The molecule has 6 nitrogen and oxygen atoms in total. The van der Waals surface area contributed by atoms with Crippen molar-refractivity contribution in [3.63, 3.8) is 0 Å². The van der Waals surface area contributed by atoms with Gasteiger partial charge in [-0.05, 0) is 38.8 Å². The van der Waals surface area contributed by atoms with Crippen molar-refractivity contribution in [1.82, 2.24) is 19.4 Å². The zero-order chi connectivity index (χ0) is 16.1. The fourth-order valence-corrected chi connectivity index (χ4v) is 3.47. The predicted molar refractivity (Wildman–Crippen MR) is 89.7 cm³/mol. The second-order valence-electron chi connectivity index (χ2n) is 6.77. The first-order chi connectivity index (χ1) is 11.2. The Labute approximate surface area is 138 Å². The van der Waals surface area contributed by atoms with E-state index < -0.39 is 0 Å². The van der Waals surface area contributed by atoms with Gasteiger partial charge in [-0.15, -0.1) is 0 Å². The van der Waals surface area contributed by atoms with Crippen LogP contribution in [-0.4, -0.2) is 71.8 Å². The number of hydrogen-bond acceptors (Lipinski definition) is 5. The normalized spacial score (nSPS) is 21.6. The highest BCUT2D eigenvalue weighted by atomic mass is 16.5. The fourth-order valence-electron chi connectivity index (χ4n) is 3.47. The van der Waals surface area contributed by atoms with E-state index in [4.69, 9.17) is 4.74 Å². The van der Waals surface area contributed by atoms with Crippen LogP contribution < -0.4 is 5.56 Å². The van der Waals surface area contributed by atoms with Crippen LogP contribution in [0.1, 0.15) is 18.4 Å². The fraction of sp³-hybridized carbons (Fsp3) is 0.765. The molecule has 3 heterocycles. The predicted octanol–water partition coefficient (Wildman–Crippen LogP) is 0.596. The Bertz CT molecular complexity index is 546. The molecule has 0 radical (unpaired) electrons. The van der Waals surface area contributed by atoms with Gasteiger partial charge in [0.25, 0.3) is 5.56 Å². The maximum atomic E-state index is 12.1. The summed E-state index contributed by atoms with van der Waals surface area (Å²) >= 11 is 0. The molecule has 2 aliphatic heterocycles. The molecule has 0 N–H and O–H groups in total. The van der Waals surface area contributed by atoms with Gasteiger partial charge in [0.15, 0.2) is 0 Å². The molecule has 1 aromatic rings. The lowest BCUT2D eigenvalue weighted by molar-refractivity contribution is 0.0312. The number of likely N-dealkylation sites (tertiary alicyclic amines) is 1. The zero-order valence-electron chi connectivity index (χ0n) is 14.1. The molecule has 6 heteroatoms. The van der Waals surface area contributed by atoms with E-state index in [1.807, 2.05) is 6.92 Å². The largest absolute Gasteiger partial charge is 0.379 e. The Morgan fingerprint density at radius 2 is 1.78 bits per heavy atom. The van der Waals surface area contributed by atoms with Crippen LogP contribution in [0.5, 0.6) is 0 Å². The monoisotopic (exact) mass is 320 g/mol. The lowest BCUT2D eigenvalue weighted by atomic mass is 9.96. The van der Waals surface area contributed by atoms with E-state index in [1.165, 1.54) is 12.8 Å². The van der Waals surface area contributed by atoms with Crippen molar-refractivity contribution in [3.05, 3.63) is 28.4 Å². The quantitative estimate of drug-likeness (QED) is 0.795. The molecule has 0 bridgehead atoms. The SMILES string of the molecule is Cc1cncn(CC2CCN(CCN3CCOCC3)CC2)c1=O. The van der Waals surface area contributed by atoms with Gasteiger partial charge in [-0.2, -0.15) is 0 Å². The lowest BCUT2D eigenvalue weighted by Gasteiger charge is -2.34. The summed E-state index contributed by atoms with van der Waals surface area (Å²) in [6.07, 6.45) is 5.67. The molecule has 128 valence electrons. The van der Waals surface area contributed by atoms with Gasteiger partial charge in [0.1, 0.15) is 0 Å². The van der Waals surface area contributed by atoms with Gasteiger partial charge in [0, 0.05) is 44.5 Å². The highest BCUT2D eigenvalue weighted by molar-refractivity contribution is 5.00. The minimum absolute atomic E-state index is 0.106. The maximum absolute atomic E-state index is 12.1. The summed E-state index contributed by atoms with van der Waals surface area (Å²) in [5, 5.41) is 0. The number of aryl methyl sites for hydroxylation is 1. The first kappa shape index (κ1) is 16.6. The van der Waals surface area contributed by atoms with Crippen LogP contribution in [-0.2, 0) is 11.3 Å². The number of aromatic nitrogens is 2.